The SMILES string of the molecule is O=C(CNS(=O)(=O)c1ccc2c(c1)OCO2)N1CCc2ccccc21. The van der Waals surface area contributed by atoms with Crippen molar-refractivity contribution in [2.24, 2.45) is 0 Å². The quantitative estimate of drug-likeness (QED) is 0.888. The molecule has 2 aliphatic rings. The van der Waals surface area contributed by atoms with Gasteiger partial charge in [-0.05, 0) is 30.2 Å². The summed E-state index contributed by atoms with van der Waals surface area (Å²) in [6, 6.07) is 12.0. The number of ether oxygens (including phenoxy) is 2. The Labute approximate surface area is 145 Å². The number of para-hydroxylation sites is 1. The summed E-state index contributed by atoms with van der Waals surface area (Å²) >= 11 is 0. The summed E-state index contributed by atoms with van der Waals surface area (Å²) in [5.41, 5.74) is 1.93. The van der Waals surface area contributed by atoms with Crippen LogP contribution in [-0.2, 0) is 21.2 Å². The smallest absolute Gasteiger partial charge is 0.242 e. The Morgan fingerprint density at radius 3 is 2.80 bits per heavy atom. The van der Waals surface area contributed by atoms with E-state index in [2.05, 4.69) is 4.72 Å². The lowest BCUT2D eigenvalue weighted by Crippen LogP contribution is -2.39. The molecule has 0 aliphatic carbocycles. The lowest BCUT2D eigenvalue weighted by molar-refractivity contribution is -0.117. The van der Waals surface area contributed by atoms with Crippen LogP contribution in [0.15, 0.2) is 47.4 Å². The minimum Gasteiger partial charge on any atom is -0.454 e. The average Bonchev–Trinajstić information content (AvgIpc) is 3.25. The third kappa shape index (κ3) is 2.94. The zero-order chi connectivity index (χ0) is 17.4. The number of anilines is 1. The Hall–Kier alpha value is -2.58. The van der Waals surface area contributed by atoms with E-state index in [1.807, 2.05) is 24.3 Å². The van der Waals surface area contributed by atoms with Crippen LogP contribution in [0.25, 0.3) is 0 Å². The highest BCUT2D eigenvalue weighted by Crippen LogP contribution is 2.33. The van der Waals surface area contributed by atoms with Crippen LogP contribution in [0.1, 0.15) is 5.56 Å². The molecule has 2 heterocycles. The third-order valence-electron chi connectivity index (χ3n) is 4.26. The van der Waals surface area contributed by atoms with E-state index in [9.17, 15) is 13.2 Å². The monoisotopic (exact) mass is 360 g/mol. The second-order valence-electron chi connectivity index (χ2n) is 5.76. The molecule has 0 atom stereocenters. The van der Waals surface area contributed by atoms with Crippen LogP contribution in [0.5, 0.6) is 11.5 Å². The van der Waals surface area contributed by atoms with E-state index in [0.717, 1.165) is 17.7 Å². The molecule has 4 rings (SSSR count). The molecular formula is C17H16N2O5S. The van der Waals surface area contributed by atoms with Gasteiger partial charge < -0.3 is 14.4 Å². The van der Waals surface area contributed by atoms with Crippen molar-refractivity contribution in [3.63, 3.8) is 0 Å². The molecule has 0 bridgehead atoms. The minimum absolute atomic E-state index is 0.0337. The van der Waals surface area contributed by atoms with E-state index in [1.165, 1.54) is 18.2 Å². The molecule has 1 amide bonds. The average molecular weight is 360 g/mol. The summed E-state index contributed by atoms with van der Waals surface area (Å²) in [6.45, 7) is 0.328. The summed E-state index contributed by atoms with van der Waals surface area (Å²) in [4.78, 5) is 14.1. The van der Waals surface area contributed by atoms with Crippen molar-refractivity contribution in [2.75, 3.05) is 24.8 Å². The van der Waals surface area contributed by atoms with Crippen LogP contribution in [0, 0.1) is 0 Å². The lowest BCUT2D eigenvalue weighted by Gasteiger charge is -2.17. The van der Waals surface area contributed by atoms with Gasteiger partial charge in [-0.1, -0.05) is 18.2 Å². The van der Waals surface area contributed by atoms with E-state index >= 15 is 0 Å². The molecule has 0 saturated carbocycles. The Kier molecular flexibility index (Phi) is 3.85. The zero-order valence-electron chi connectivity index (χ0n) is 13.3. The highest BCUT2D eigenvalue weighted by molar-refractivity contribution is 7.89. The van der Waals surface area contributed by atoms with Crippen LogP contribution >= 0.6 is 0 Å². The van der Waals surface area contributed by atoms with Gasteiger partial charge in [0.15, 0.2) is 11.5 Å². The van der Waals surface area contributed by atoms with Crippen LogP contribution < -0.4 is 19.1 Å². The number of benzene rings is 2. The first-order valence-electron chi connectivity index (χ1n) is 7.82. The molecule has 0 unspecified atom stereocenters. The van der Waals surface area contributed by atoms with Gasteiger partial charge in [0.25, 0.3) is 0 Å². The zero-order valence-corrected chi connectivity index (χ0v) is 14.1. The summed E-state index contributed by atoms with van der Waals surface area (Å²) in [5, 5.41) is 0. The number of nitrogens with one attached hydrogen (secondary N) is 1. The summed E-state index contributed by atoms with van der Waals surface area (Å²) in [7, 11) is -3.82. The molecule has 0 spiro atoms. The number of amides is 1. The highest BCUT2D eigenvalue weighted by Gasteiger charge is 2.26. The van der Waals surface area contributed by atoms with Crippen molar-refractivity contribution in [2.45, 2.75) is 11.3 Å². The molecule has 0 aromatic heterocycles. The van der Waals surface area contributed by atoms with Crippen molar-refractivity contribution in [3.05, 3.63) is 48.0 Å². The van der Waals surface area contributed by atoms with E-state index < -0.39 is 10.0 Å². The molecule has 0 fully saturated rings. The summed E-state index contributed by atoms with van der Waals surface area (Å²) < 4.78 is 37.6. The number of carbonyl (C=O) groups is 1. The number of hydrogen-bond donors (Lipinski definition) is 1. The number of carbonyl (C=O) groups excluding carboxylic acids is 1. The standard InChI is InChI=1S/C17H16N2O5S/c20-17(19-8-7-12-3-1-2-4-14(12)19)10-18-25(21,22)13-5-6-15-16(9-13)24-11-23-15/h1-6,9,18H,7-8,10-11H2. The third-order valence-corrected chi connectivity index (χ3v) is 5.65. The van der Waals surface area contributed by atoms with Gasteiger partial charge in [-0.2, -0.15) is 0 Å². The molecular weight excluding hydrogens is 344 g/mol. The van der Waals surface area contributed by atoms with Crippen LogP contribution in [0.3, 0.4) is 0 Å². The second-order valence-corrected chi connectivity index (χ2v) is 7.53. The van der Waals surface area contributed by atoms with Gasteiger partial charge in [-0.25, -0.2) is 13.1 Å². The van der Waals surface area contributed by atoms with Crippen molar-refractivity contribution < 1.29 is 22.7 Å². The molecule has 2 aromatic rings. The normalized spacial score (nSPS) is 15.3. The fourth-order valence-electron chi connectivity index (χ4n) is 2.98. The summed E-state index contributed by atoms with van der Waals surface area (Å²) in [6.07, 6.45) is 0.775. The first-order valence-corrected chi connectivity index (χ1v) is 9.30. The van der Waals surface area contributed by atoms with Crippen molar-refractivity contribution in [3.8, 4) is 11.5 Å². The number of sulfonamides is 1. The Bertz CT molecular complexity index is 942. The topological polar surface area (TPSA) is 84.9 Å². The molecule has 25 heavy (non-hydrogen) atoms. The maximum Gasteiger partial charge on any atom is 0.242 e. The highest BCUT2D eigenvalue weighted by atomic mass is 32.2. The lowest BCUT2D eigenvalue weighted by atomic mass is 10.2. The number of rotatable bonds is 4. The first kappa shape index (κ1) is 15.9. The van der Waals surface area contributed by atoms with E-state index in [4.69, 9.17) is 9.47 Å². The van der Waals surface area contributed by atoms with Gasteiger partial charge in [0.1, 0.15) is 0 Å². The Morgan fingerprint density at radius 1 is 1.12 bits per heavy atom. The van der Waals surface area contributed by atoms with Crippen molar-refractivity contribution in [1.82, 2.24) is 4.72 Å². The van der Waals surface area contributed by atoms with Gasteiger partial charge in [-0.15, -0.1) is 0 Å². The maximum absolute atomic E-state index is 12.4. The number of nitrogens with zero attached hydrogens (tertiary/aromatic N) is 1. The number of hydrogen-bond acceptors (Lipinski definition) is 5. The molecule has 7 nitrogen and oxygen atoms in total. The molecule has 130 valence electrons. The Morgan fingerprint density at radius 2 is 1.92 bits per heavy atom. The molecule has 0 radical (unpaired) electrons. The minimum atomic E-state index is -3.82. The predicted octanol–water partition coefficient (Wildman–Crippen LogP) is 1.28. The molecule has 2 aromatic carbocycles. The second kappa shape index (κ2) is 6.05. The van der Waals surface area contributed by atoms with Gasteiger partial charge in [-0.3, -0.25) is 4.79 Å². The predicted molar refractivity (Wildman–Crippen MR) is 90.3 cm³/mol. The maximum atomic E-state index is 12.4. The summed E-state index contributed by atoms with van der Waals surface area (Å²) in [5.74, 6) is 0.598. The molecule has 0 saturated heterocycles. The van der Waals surface area contributed by atoms with E-state index in [-0.39, 0.29) is 24.1 Å². The molecule has 2 aliphatic heterocycles. The van der Waals surface area contributed by atoms with Crippen molar-refractivity contribution in [1.29, 1.82) is 0 Å². The largest absolute Gasteiger partial charge is 0.454 e. The van der Waals surface area contributed by atoms with E-state index in [0.29, 0.717) is 18.0 Å². The van der Waals surface area contributed by atoms with Crippen LogP contribution in [0.2, 0.25) is 0 Å². The van der Waals surface area contributed by atoms with Crippen molar-refractivity contribution >= 4 is 21.6 Å². The Balaban J connectivity index is 1.46. The number of fused-ring (bicyclic) bond motifs is 2. The fraction of sp³-hybridized carbons (Fsp3) is 0.235. The first-order chi connectivity index (χ1) is 12.0. The van der Waals surface area contributed by atoms with E-state index in [1.54, 1.807) is 4.90 Å². The van der Waals surface area contributed by atoms with Crippen LogP contribution in [0.4, 0.5) is 5.69 Å². The van der Waals surface area contributed by atoms with Gasteiger partial charge >= 0.3 is 0 Å². The van der Waals surface area contributed by atoms with Gasteiger partial charge in [0.2, 0.25) is 22.7 Å². The molecule has 1 N–H and O–H groups in total. The van der Waals surface area contributed by atoms with Gasteiger partial charge in [0, 0.05) is 18.3 Å². The van der Waals surface area contributed by atoms with Crippen LogP contribution in [-0.4, -0.2) is 34.2 Å². The molecule has 8 heteroatoms. The fourth-order valence-corrected chi connectivity index (χ4v) is 3.97. The van der Waals surface area contributed by atoms with Gasteiger partial charge in [0.05, 0.1) is 11.4 Å².